The van der Waals surface area contributed by atoms with E-state index >= 15 is 0 Å². The quantitative estimate of drug-likeness (QED) is 0.173. The van der Waals surface area contributed by atoms with E-state index < -0.39 is 14.1 Å². The highest BCUT2D eigenvalue weighted by molar-refractivity contribution is 6.78. The van der Waals surface area contributed by atoms with Gasteiger partial charge in [-0.1, -0.05) is 65.8 Å². The van der Waals surface area contributed by atoms with Crippen molar-refractivity contribution in [3.05, 3.63) is 95.3 Å². The standard InChI is InChI=1S/C34H40FN5O3Si/c1-22(2)44(23(3)4,24(5)6)43-29-13-12-26-8-7-9-30(31(26)15-29)34(42)39-19-33(41)38-18-28-17-37-21-40(28)20-25-10-11-27(16-36)32(35)14-25/h7-15,17,21-24H,18-20H2,1-6H3,(H,38,41)(H,39,42). The lowest BCUT2D eigenvalue weighted by Gasteiger charge is -2.42. The fraction of sp³-hybridized carbons (Fsp3) is 0.353. The number of nitriles is 1. The summed E-state index contributed by atoms with van der Waals surface area (Å²) in [5.74, 6) is -0.530. The molecule has 230 valence electrons. The number of hydrogen-bond donors (Lipinski definition) is 2. The van der Waals surface area contributed by atoms with Crippen molar-refractivity contribution in [2.75, 3.05) is 6.54 Å². The second kappa shape index (κ2) is 13.9. The van der Waals surface area contributed by atoms with Gasteiger partial charge in [-0.05, 0) is 63.3 Å². The molecule has 1 aromatic heterocycles. The Labute approximate surface area is 259 Å². The van der Waals surface area contributed by atoms with E-state index in [0.717, 1.165) is 16.5 Å². The minimum atomic E-state index is -2.18. The highest BCUT2D eigenvalue weighted by Crippen LogP contribution is 2.43. The molecule has 44 heavy (non-hydrogen) atoms. The average Bonchev–Trinajstić information content (AvgIpc) is 3.43. The molecule has 0 fully saturated rings. The number of rotatable bonds is 12. The minimum absolute atomic E-state index is 0.0155. The summed E-state index contributed by atoms with van der Waals surface area (Å²) in [5, 5.41) is 16.2. The first kappa shape index (κ1) is 32.4. The minimum Gasteiger partial charge on any atom is -0.543 e. The summed E-state index contributed by atoms with van der Waals surface area (Å²) in [7, 11) is -2.18. The third-order valence-corrected chi connectivity index (χ3v) is 14.3. The Bertz CT molecular complexity index is 1670. The molecular formula is C34H40FN5O3Si. The zero-order chi connectivity index (χ0) is 32.0. The molecule has 1 heterocycles. The molecule has 0 radical (unpaired) electrons. The molecule has 0 spiro atoms. The van der Waals surface area contributed by atoms with Crippen molar-refractivity contribution in [1.82, 2.24) is 20.2 Å². The smallest absolute Gasteiger partial charge is 0.258 e. The van der Waals surface area contributed by atoms with E-state index in [-0.39, 0.29) is 30.5 Å². The van der Waals surface area contributed by atoms with Gasteiger partial charge in [-0.25, -0.2) is 9.37 Å². The first-order chi connectivity index (χ1) is 21.0. The average molecular weight is 614 g/mol. The van der Waals surface area contributed by atoms with Gasteiger partial charge in [0.05, 0.1) is 30.7 Å². The SMILES string of the molecule is CC(C)[Si](Oc1ccc2cccc(C(=O)NCC(=O)NCc3cncn3Cc3ccc(C#N)c(F)c3)c2c1)(C(C)C)C(C)C. The number of fused-ring (bicyclic) bond motifs is 1. The summed E-state index contributed by atoms with van der Waals surface area (Å²) in [6.07, 6.45) is 3.21. The van der Waals surface area contributed by atoms with Crippen molar-refractivity contribution in [2.45, 2.75) is 71.3 Å². The number of carbonyl (C=O) groups is 2. The van der Waals surface area contributed by atoms with Crippen molar-refractivity contribution in [1.29, 1.82) is 5.26 Å². The Balaban J connectivity index is 1.41. The van der Waals surface area contributed by atoms with Crippen LogP contribution in [0.2, 0.25) is 16.6 Å². The summed E-state index contributed by atoms with van der Waals surface area (Å²) in [6.45, 7) is 13.7. The second-order valence-electron chi connectivity index (χ2n) is 12.0. The first-order valence-corrected chi connectivity index (χ1v) is 17.0. The maximum atomic E-state index is 14.0. The van der Waals surface area contributed by atoms with Gasteiger partial charge in [0.1, 0.15) is 17.6 Å². The van der Waals surface area contributed by atoms with Crippen molar-refractivity contribution < 1.29 is 18.4 Å². The first-order valence-electron chi connectivity index (χ1n) is 14.9. The molecular weight excluding hydrogens is 573 g/mol. The van der Waals surface area contributed by atoms with Crippen LogP contribution in [0.15, 0.2) is 67.1 Å². The summed E-state index contributed by atoms with van der Waals surface area (Å²) in [6, 6.07) is 17.7. The molecule has 0 saturated carbocycles. The van der Waals surface area contributed by atoms with Gasteiger partial charge in [0.2, 0.25) is 5.91 Å². The molecule has 0 unspecified atom stereocenters. The number of imidazole rings is 1. The summed E-state index contributed by atoms with van der Waals surface area (Å²) in [5.41, 5.74) is 3.06. The van der Waals surface area contributed by atoms with E-state index in [0.29, 0.717) is 40.0 Å². The zero-order valence-corrected chi connectivity index (χ0v) is 27.1. The second-order valence-corrected chi connectivity index (χ2v) is 17.4. The van der Waals surface area contributed by atoms with Crippen LogP contribution in [-0.2, 0) is 17.9 Å². The molecule has 3 aromatic carbocycles. The Kier molecular flexibility index (Phi) is 10.2. The number of halogens is 1. The molecule has 10 heteroatoms. The van der Waals surface area contributed by atoms with E-state index in [4.69, 9.17) is 9.69 Å². The Morgan fingerprint density at radius 3 is 2.39 bits per heavy atom. The summed E-state index contributed by atoms with van der Waals surface area (Å²) in [4.78, 5) is 30.1. The maximum Gasteiger partial charge on any atom is 0.258 e. The Morgan fingerprint density at radius 2 is 1.73 bits per heavy atom. The number of carbonyl (C=O) groups excluding carboxylic acids is 2. The molecule has 0 aliphatic carbocycles. The van der Waals surface area contributed by atoms with Crippen molar-refractivity contribution >= 4 is 30.9 Å². The molecule has 4 rings (SSSR count). The highest BCUT2D eigenvalue weighted by atomic mass is 28.4. The molecule has 0 saturated heterocycles. The van der Waals surface area contributed by atoms with Crippen molar-refractivity contribution in [2.24, 2.45) is 0 Å². The molecule has 0 atom stereocenters. The maximum absolute atomic E-state index is 14.0. The van der Waals surface area contributed by atoms with E-state index in [1.165, 1.54) is 12.1 Å². The zero-order valence-electron chi connectivity index (χ0n) is 26.1. The van der Waals surface area contributed by atoms with E-state index in [9.17, 15) is 14.0 Å². The lowest BCUT2D eigenvalue weighted by Crippen LogP contribution is -2.50. The van der Waals surface area contributed by atoms with Crippen LogP contribution >= 0.6 is 0 Å². The molecule has 0 aliphatic rings. The molecule has 0 aliphatic heterocycles. The lowest BCUT2D eigenvalue weighted by atomic mass is 10.0. The normalized spacial score (nSPS) is 11.7. The van der Waals surface area contributed by atoms with Gasteiger partial charge in [0, 0.05) is 18.3 Å². The molecule has 2 N–H and O–H groups in total. The number of nitrogens with zero attached hydrogens (tertiary/aromatic N) is 3. The molecule has 8 nitrogen and oxygen atoms in total. The van der Waals surface area contributed by atoms with Crippen LogP contribution in [0, 0.1) is 17.1 Å². The third kappa shape index (κ3) is 7.00. The number of aromatic nitrogens is 2. The monoisotopic (exact) mass is 613 g/mol. The summed E-state index contributed by atoms with van der Waals surface area (Å²) < 4.78 is 22.7. The lowest BCUT2D eigenvalue weighted by molar-refractivity contribution is -0.120. The van der Waals surface area contributed by atoms with Gasteiger partial charge in [-0.2, -0.15) is 5.26 Å². The van der Waals surface area contributed by atoms with Crippen molar-refractivity contribution in [3.63, 3.8) is 0 Å². The Hall–Kier alpha value is -4.49. The predicted molar refractivity (Wildman–Crippen MR) is 172 cm³/mol. The number of nitrogens with one attached hydrogen (secondary N) is 2. The van der Waals surface area contributed by atoms with Gasteiger partial charge in [-0.15, -0.1) is 0 Å². The fourth-order valence-electron chi connectivity index (χ4n) is 6.16. The number of benzene rings is 3. The van der Waals surface area contributed by atoms with Crippen LogP contribution in [0.1, 0.15) is 68.7 Å². The van der Waals surface area contributed by atoms with Crippen LogP contribution in [0.5, 0.6) is 5.75 Å². The molecule has 0 bridgehead atoms. The summed E-state index contributed by atoms with van der Waals surface area (Å²) >= 11 is 0. The van der Waals surface area contributed by atoms with Gasteiger partial charge >= 0.3 is 0 Å². The largest absolute Gasteiger partial charge is 0.543 e. The molecule has 2 amide bonds. The van der Waals surface area contributed by atoms with Crippen LogP contribution in [0.4, 0.5) is 4.39 Å². The van der Waals surface area contributed by atoms with Crippen LogP contribution in [-0.4, -0.2) is 36.2 Å². The Morgan fingerprint density at radius 1 is 1.00 bits per heavy atom. The van der Waals surface area contributed by atoms with E-state index in [1.54, 1.807) is 29.2 Å². The van der Waals surface area contributed by atoms with E-state index in [1.807, 2.05) is 36.4 Å². The van der Waals surface area contributed by atoms with E-state index in [2.05, 4.69) is 57.2 Å². The van der Waals surface area contributed by atoms with Gasteiger partial charge in [-0.3, -0.25) is 9.59 Å². The van der Waals surface area contributed by atoms with Crippen LogP contribution in [0.25, 0.3) is 10.8 Å². The highest BCUT2D eigenvalue weighted by Gasteiger charge is 2.47. The van der Waals surface area contributed by atoms with Gasteiger partial charge in [0.25, 0.3) is 14.2 Å². The predicted octanol–water partition coefficient (Wildman–Crippen LogP) is 6.70. The third-order valence-electron chi connectivity index (χ3n) is 8.28. The van der Waals surface area contributed by atoms with Crippen LogP contribution < -0.4 is 15.1 Å². The van der Waals surface area contributed by atoms with Gasteiger partial charge in [0.15, 0.2) is 0 Å². The fourth-order valence-corrected chi connectivity index (χ4v) is 11.4. The van der Waals surface area contributed by atoms with Crippen LogP contribution in [0.3, 0.4) is 0 Å². The van der Waals surface area contributed by atoms with Crippen molar-refractivity contribution in [3.8, 4) is 11.8 Å². The number of hydrogen-bond acceptors (Lipinski definition) is 5. The number of amides is 2. The topological polar surface area (TPSA) is 109 Å². The molecule has 4 aromatic rings. The van der Waals surface area contributed by atoms with Gasteiger partial charge < -0.3 is 19.6 Å².